The van der Waals surface area contributed by atoms with E-state index >= 15 is 0 Å². The number of carboxylic acids is 1. The van der Waals surface area contributed by atoms with Crippen LogP contribution in [0.3, 0.4) is 0 Å². The lowest BCUT2D eigenvalue weighted by atomic mass is 9.95. The zero-order chi connectivity index (χ0) is 8.85. The van der Waals surface area contributed by atoms with Crippen LogP contribution in [0.4, 0.5) is 0 Å². The summed E-state index contributed by atoms with van der Waals surface area (Å²) in [5.41, 5.74) is 5.37. The van der Waals surface area contributed by atoms with E-state index in [-0.39, 0.29) is 0 Å². The van der Waals surface area contributed by atoms with Crippen molar-refractivity contribution in [3.8, 4) is 0 Å². The molecule has 0 unspecified atom stereocenters. The van der Waals surface area contributed by atoms with Gasteiger partial charge in [-0.15, -0.1) is 0 Å². The Kier molecular flexibility index (Phi) is 4.86. The van der Waals surface area contributed by atoms with E-state index in [4.69, 9.17) is 10.8 Å². The lowest BCUT2D eigenvalue weighted by Crippen LogP contribution is -2.32. The maximum Gasteiger partial charge on any atom is 0.320 e. The van der Waals surface area contributed by atoms with Crippen LogP contribution in [0, 0.1) is 5.92 Å². The molecule has 0 aliphatic carbocycles. The maximum atomic E-state index is 10.3. The summed E-state index contributed by atoms with van der Waals surface area (Å²) >= 11 is 0. The van der Waals surface area contributed by atoms with Crippen molar-refractivity contribution in [2.45, 2.75) is 39.2 Å². The van der Waals surface area contributed by atoms with Crippen molar-refractivity contribution in [3.63, 3.8) is 0 Å². The first kappa shape index (κ1) is 10.4. The molecule has 0 saturated carbocycles. The summed E-state index contributed by atoms with van der Waals surface area (Å²) in [6.07, 6.45) is 2.62. The molecule has 0 fully saturated rings. The van der Waals surface area contributed by atoms with Gasteiger partial charge in [0.05, 0.1) is 0 Å². The molecule has 1 atom stereocenters. The molecule has 3 heteroatoms. The fourth-order valence-corrected chi connectivity index (χ4v) is 1.08. The third-order valence-corrected chi connectivity index (χ3v) is 2.06. The first-order valence-electron chi connectivity index (χ1n) is 4.10. The summed E-state index contributed by atoms with van der Waals surface area (Å²) in [7, 11) is 0. The molecule has 0 aliphatic heterocycles. The molecule has 0 heterocycles. The van der Waals surface area contributed by atoms with E-state index in [1.807, 2.05) is 0 Å². The molecule has 11 heavy (non-hydrogen) atoms. The number of nitrogens with two attached hydrogens (primary N) is 1. The summed E-state index contributed by atoms with van der Waals surface area (Å²) in [6, 6.07) is -0.681. The third-order valence-electron chi connectivity index (χ3n) is 2.06. The van der Waals surface area contributed by atoms with Gasteiger partial charge in [-0.05, 0) is 12.3 Å². The molecule has 0 amide bonds. The van der Waals surface area contributed by atoms with Crippen LogP contribution in [0.25, 0.3) is 0 Å². The highest BCUT2D eigenvalue weighted by Crippen LogP contribution is 2.13. The minimum absolute atomic E-state index is 0.459. The first-order chi connectivity index (χ1) is 5.11. The zero-order valence-electron chi connectivity index (χ0n) is 7.21. The minimum Gasteiger partial charge on any atom is -0.480 e. The van der Waals surface area contributed by atoms with Gasteiger partial charge in [0, 0.05) is 0 Å². The maximum absolute atomic E-state index is 10.3. The Hall–Kier alpha value is -0.570. The number of hydrogen-bond donors (Lipinski definition) is 2. The molecular formula is C8H17NO2. The SMILES string of the molecule is CCC(CC)C[C@H](N)C(=O)O. The molecule has 66 valence electrons. The van der Waals surface area contributed by atoms with Crippen LogP contribution in [-0.2, 0) is 4.79 Å². The van der Waals surface area contributed by atoms with Gasteiger partial charge < -0.3 is 10.8 Å². The van der Waals surface area contributed by atoms with Crippen molar-refractivity contribution in [1.29, 1.82) is 0 Å². The number of carbonyl (C=O) groups is 1. The van der Waals surface area contributed by atoms with Crippen molar-refractivity contribution in [3.05, 3.63) is 0 Å². The summed E-state index contributed by atoms with van der Waals surface area (Å²) in [6.45, 7) is 4.12. The summed E-state index contributed by atoms with van der Waals surface area (Å²) in [4.78, 5) is 10.3. The molecular weight excluding hydrogens is 142 g/mol. The molecule has 0 aromatic carbocycles. The van der Waals surface area contributed by atoms with Crippen molar-refractivity contribution in [2.24, 2.45) is 11.7 Å². The van der Waals surface area contributed by atoms with Gasteiger partial charge in [-0.25, -0.2) is 0 Å². The van der Waals surface area contributed by atoms with Gasteiger partial charge in [-0.3, -0.25) is 4.79 Å². The van der Waals surface area contributed by atoms with Gasteiger partial charge in [0.1, 0.15) is 6.04 Å². The van der Waals surface area contributed by atoms with E-state index in [9.17, 15) is 4.79 Å². The van der Waals surface area contributed by atoms with Crippen molar-refractivity contribution in [1.82, 2.24) is 0 Å². The average molecular weight is 159 g/mol. The highest BCUT2D eigenvalue weighted by Gasteiger charge is 2.15. The van der Waals surface area contributed by atoms with Gasteiger partial charge in [-0.1, -0.05) is 26.7 Å². The third kappa shape index (κ3) is 3.98. The van der Waals surface area contributed by atoms with Crippen molar-refractivity contribution < 1.29 is 9.90 Å². The molecule has 0 aromatic rings. The van der Waals surface area contributed by atoms with Crippen LogP contribution < -0.4 is 5.73 Å². The summed E-state index contributed by atoms with van der Waals surface area (Å²) < 4.78 is 0. The van der Waals surface area contributed by atoms with Crippen molar-refractivity contribution in [2.75, 3.05) is 0 Å². The second-order valence-corrected chi connectivity index (χ2v) is 2.86. The molecule has 0 bridgehead atoms. The highest BCUT2D eigenvalue weighted by molar-refractivity contribution is 5.72. The molecule has 0 spiro atoms. The quantitative estimate of drug-likeness (QED) is 0.634. The Balaban J connectivity index is 3.71. The van der Waals surface area contributed by atoms with Gasteiger partial charge in [0.2, 0.25) is 0 Å². The Labute approximate surface area is 67.6 Å². The van der Waals surface area contributed by atoms with Crippen molar-refractivity contribution >= 4 is 5.97 Å². The van der Waals surface area contributed by atoms with E-state index in [1.165, 1.54) is 0 Å². The molecule has 3 nitrogen and oxygen atoms in total. The first-order valence-corrected chi connectivity index (χ1v) is 4.10. The lowest BCUT2D eigenvalue weighted by molar-refractivity contribution is -0.138. The predicted molar refractivity (Wildman–Crippen MR) is 44.3 cm³/mol. The molecule has 0 rings (SSSR count). The molecule has 0 saturated heterocycles. The summed E-state index contributed by atoms with van der Waals surface area (Å²) in [5, 5.41) is 8.50. The Bertz CT molecular complexity index is 121. The lowest BCUT2D eigenvalue weighted by Gasteiger charge is -2.14. The van der Waals surface area contributed by atoms with Crippen LogP contribution in [0.5, 0.6) is 0 Å². The molecule has 0 aliphatic rings. The average Bonchev–Trinajstić information content (AvgIpc) is 1.99. The largest absolute Gasteiger partial charge is 0.480 e. The van der Waals surface area contributed by atoms with Gasteiger partial charge in [-0.2, -0.15) is 0 Å². The fourth-order valence-electron chi connectivity index (χ4n) is 1.08. The Morgan fingerprint density at radius 3 is 2.18 bits per heavy atom. The minimum atomic E-state index is -0.892. The molecule has 0 radical (unpaired) electrons. The topological polar surface area (TPSA) is 63.3 Å². The van der Waals surface area contributed by atoms with E-state index in [0.717, 1.165) is 12.8 Å². The molecule has 3 N–H and O–H groups in total. The van der Waals surface area contributed by atoms with E-state index in [2.05, 4.69) is 13.8 Å². The van der Waals surface area contributed by atoms with Crippen LogP contribution >= 0.6 is 0 Å². The second-order valence-electron chi connectivity index (χ2n) is 2.86. The number of carboxylic acid groups (broad SMARTS) is 1. The van der Waals surface area contributed by atoms with Gasteiger partial charge in [0.15, 0.2) is 0 Å². The number of hydrogen-bond acceptors (Lipinski definition) is 2. The smallest absolute Gasteiger partial charge is 0.320 e. The van der Waals surface area contributed by atoms with E-state index in [0.29, 0.717) is 12.3 Å². The van der Waals surface area contributed by atoms with Gasteiger partial charge in [0.25, 0.3) is 0 Å². The van der Waals surface area contributed by atoms with Crippen LogP contribution in [-0.4, -0.2) is 17.1 Å². The molecule has 0 aromatic heterocycles. The highest BCUT2D eigenvalue weighted by atomic mass is 16.4. The summed E-state index contributed by atoms with van der Waals surface area (Å²) in [5.74, 6) is -0.432. The van der Waals surface area contributed by atoms with Crippen LogP contribution in [0.2, 0.25) is 0 Å². The predicted octanol–water partition coefficient (Wildman–Crippen LogP) is 1.22. The number of rotatable bonds is 5. The normalized spacial score (nSPS) is 13.5. The Morgan fingerprint density at radius 2 is 1.91 bits per heavy atom. The fraction of sp³-hybridized carbons (Fsp3) is 0.875. The van der Waals surface area contributed by atoms with Crippen LogP contribution in [0.1, 0.15) is 33.1 Å². The standard InChI is InChI=1S/C8H17NO2/c1-3-6(4-2)5-7(9)8(10)11/h6-7H,3-5,9H2,1-2H3,(H,10,11)/t7-/m0/s1. The van der Waals surface area contributed by atoms with Gasteiger partial charge >= 0.3 is 5.97 Å². The Morgan fingerprint density at radius 1 is 1.45 bits per heavy atom. The second kappa shape index (κ2) is 5.13. The number of aliphatic carboxylic acids is 1. The van der Waals surface area contributed by atoms with Crippen LogP contribution in [0.15, 0.2) is 0 Å². The van der Waals surface area contributed by atoms with E-state index < -0.39 is 12.0 Å². The zero-order valence-corrected chi connectivity index (χ0v) is 7.21. The van der Waals surface area contributed by atoms with E-state index in [1.54, 1.807) is 0 Å². The monoisotopic (exact) mass is 159 g/mol.